The fraction of sp³-hybridized carbons (Fsp3) is 0.0909. The van der Waals surface area contributed by atoms with Crippen molar-refractivity contribution in [3.63, 3.8) is 0 Å². The van der Waals surface area contributed by atoms with E-state index in [2.05, 4.69) is 19.7 Å². The number of halogens is 1. The summed E-state index contributed by atoms with van der Waals surface area (Å²) < 4.78 is 30.9. The van der Waals surface area contributed by atoms with E-state index < -0.39 is 16.0 Å². The van der Waals surface area contributed by atoms with Crippen LogP contribution in [-0.4, -0.2) is 31.7 Å². The molecule has 2 rings (SSSR count). The minimum atomic E-state index is -3.87. The number of carbonyl (C=O) groups excluding carboxylic acids is 1. The quantitative estimate of drug-likeness (QED) is 0.835. The second kappa shape index (κ2) is 5.51. The van der Waals surface area contributed by atoms with Crippen LogP contribution in [0.15, 0.2) is 35.5 Å². The number of carbonyl (C=O) groups is 1. The fourth-order valence-corrected chi connectivity index (χ4v) is 2.64. The number of hydrogen-bond acceptors (Lipinski definition) is 5. The average Bonchev–Trinajstić information content (AvgIpc) is 2.94. The molecule has 0 bridgehead atoms. The number of ether oxygens (including phenoxy) is 1. The number of methoxy groups -OCH3 is 1. The number of benzene rings is 1. The molecule has 0 aliphatic carbocycles. The van der Waals surface area contributed by atoms with E-state index in [1.165, 1.54) is 37.6 Å². The normalized spacial score (nSPS) is 11.1. The van der Waals surface area contributed by atoms with Gasteiger partial charge in [0.2, 0.25) is 0 Å². The van der Waals surface area contributed by atoms with Gasteiger partial charge in [0.1, 0.15) is 0 Å². The summed E-state index contributed by atoms with van der Waals surface area (Å²) in [5.41, 5.74) is 0.0824. The maximum absolute atomic E-state index is 12.0. The molecule has 20 heavy (non-hydrogen) atoms. The molecule has 9 heteroatoms. The molecule has 0 aliphatic heterocycles. The van der Waals surface area contributed by atoms with Gasteiger partial charge in [0.15, 0.2) is 5.03 Å². The standard InChI is InChI=1S/C11H10ClN3O4S/c1-19-11(16)8-6-7(12)2-3-9(8)15-20(17,18)10-4-5-13-14-10/h2-6,15H,1H3,(H,13,14). The van der Waals surface area contributed by atoms with E-state index in [9.17, 15) is 13.2 Å². The molecule has 0 atom stereocenters. The van der Waals surface area contributed by atoms with Gasteiger partial charge in [-0.3, -0.25) is 9.82 Å². The highest BCUT2D eigenvalue weighted by Crippen LogP contribution is 2.23. The number of esters is 1. The van der Waals surface area contributed by atoms with E-state index in [0.29, 0.717) is 0 Å². The van der Waals surface area contributed by atoms with Gasteiger partial charge in [0, 0.05) is 5.02 Å². The van der Waals surface area contributed by atoms with Gasteiger partial charge in [-0.15, -0.1) is 0 Å². The van der Waals surface area contributed by atoms with Crippen LogP contribution in [0.3, 0.4) is 0 Å². The number of hydrogen-bond donors (Lipinski definition) is 2. The molecule has 1 heterocycles. The number of aromatic amines is 1. The molecular formula is C11H10ClN3O4S. The minimum absolute atomic E-state index is 0.0168. The number of aromatic nitrogens is 2. The third kappa shape index (κ3) is 2.91. The van der Waals surface area contributed by atoms with Gasteiger partial charge in [-0.05, 0) is 24.3 Å². The van der Waals surface area contributed by atoms with Crippen LogP contribution in [0.1, 0.15) is 10.4 Å². The van der Waals surface area contributed by atoms with Crippen molar-refractivity contribution in [1.82, 2.24) is 10.2 Å². The average molecular weight is 316 g/mol. The lowest BCUT2D eigenvalue weighted by atomic mass is 10.2. The van der Waals surface area contributed by atoms with Crippen molar-refractivity contribution in [3.8, 4) is 0 Å². The number of nitrogens with zero attached hydrogens (tertiary/aromatic N) is 1. The first-order valence-corrected chi connectivity index (χ1v) is 7.20. The van der Waals surface area contributed by atoms with Crippen molar-refractivity contribution in [2.75, 3.05) is 11.8 Å². The van der Waals surface area contributed by atoms with Crippen LogP contribution in [-0.2, 0) is 14.8 Å². The maximum Gasteiger partial charge on any atom is 0.340 e. The van der Waals surface area contributed by atoms with Gasteiger partial charge < -0.3 is 4.74 Å². The Morgan fingerprint density at radius 3 is 2.75 bits per heavy atom. The summed E-state index contributed by atoms with van der Waals surface area (Å²) in [4.78, 5) is 11.6. The molecule has 0 spiro atoms. The van der Waals surface area contributed by atoms with Crippen molar-refractivity contribution in [3.05, 3.63) is 41.0 Å². The summed E-state index contributed by atoms with van der Waals surface area (Å²) in [6, 6.07) is 5.44. The Balaban J connectivity index is 2.42. The first-order chi connectivity index (χ1) is 9.44. The van der Waals surface area contributed by atoms with Crippen molar-refractivity contribution in [2.45, 2.75) is 5.03 Å². The lowest BCUT2D eigenvalue weighted by molar-refractivity contribution is 0.0602. The summed E-state index contributed by atoms with van der Waals surface area (Å²) in [7, 11) is -2.68. The maximum atomic E-state index is 12.0. The highest BCUT2D eigenvalue weighted by atomic mass is 35.5. The van der Waals surface area contributed by atoms with Crippen molar-refractivity contribution < 1.29 is 17.9 Å². The van der Waals surface area contributed by atoms with Gasteiger partial charge in [-0.2, -0.15) is 13.5 Å². The Hall–Kier alpha value is -2.06. The van der Waals surface area contributed by atoms with E-state index in [1.807, 2.05) is 0 Å². The molecule has 0 aliphatic rings. The van der Waals surface area contributed by atoms with Gasteiger partial charge in [-0.25, -0.2) is 4.79 Å². The van der Waals surface area contributed by atoms with Crippen LogP contribution in [0.4, 0.5) is 5.69 Å². The van der Waals surface area contributed by atoms with Crippen LogP contribution >= 0.6 is 11.6 Å². The first-order valence-electron chi connectivity index (χ1n) is 5.34. The summed E-state index contributed by atoms with van der Waals surface area (Å²) >= 11 is 5.79. The zero-order chi connectivity index (χ0) is 14.8. The number of anilines is 1. The molecule has 0 unspecified atom stereocenters. The molecule has 7 nitrogen and oxygen atoms in total. The second-order valence-corrected chi connectivity index (χ2v) is 5.80. The Morgan fingerprint density at radius 2 is 2.15 bits per heavy atom. The van der Waals surface area contributed by atoms with Gasteiger partial charge in [-0.1, -0.05) is 11.6 Å². The van der Waals surface area contributed by atoms with Crippen LogP contribution in [0.2, 0.25) is 5.02 Å². The van der Waals surface area contributed by atoms with E-state index >= 15 is 0 Å². The summed E-state index contributed by atoms with van der Waals surface area (Å²) in [6.45, 7) is 0. The second-order valence-electron chi connectivity index (χ2n) is 3.71. The molecule has 0 radical (unpaired) electrons. The van der Waals surface area contributed by atoms with Gasteiger partial charge in [0.05, 0.1) is 24.6 Å². The molecule has 2 N–H and O–H groups in total. The van der Waals surface area contributed by atoms with Crippen molar-refractivity contribution in [2.24, 2.45) is 0 Å². The highest BCUT2D eigenvalue weighted by molar-refractivity contribution is 7.92. The summed E-state index contributed by atoms with van der Waals surface area (Å²) in [5, 5.41) is 6.05. The van der Waals surface area contributed by atoms with E-state index in [4.69, 9.17) is 11.6 Å². The Labute approximate surface area is 120 Å². The van der Waals surface area contributed by atoms with E-state index in [1.54, 1.807) is 0 Å². The molecule has 106 valence electrons. The van der Waals surface area contributed by atoms with Crippen molar-refractivity contribution in [1.29, 1.82) is 0 Å². The molecule has 0 saturated carbocycles. The SMILES string of the molecule is COC(=O)c1cc(Cl)ccc1NS(=O)(=O)c1ccn[nH]1. The Morgan fingerprint density at radius 1 is 1.40 bits per heavy atom. The molecule has 0 saturated heterocycles. The fourth-order valence-electron chi connectivity index (χ4n) is 1.48. The molecule has 0 fully saturated rings. The monoisotopic (exact) mass is 315 g/mol. The molecular weight excluding hydrogens is 306 g/mol. The number of nitrogens with one attached hydrogen (secondary N) is 2. The molecule has 1 aromatic carbocycles. The minimum Gasteiger partial charge on any atom is -0.465 e. The Bertz CT molecular complexity index is 728. The van der Waals surface area contributed by atoms with Crippen LogP contribution in [0.5, 0.6) is 0 Å². The molecule has 0 amide bonds. The van der Waals surface area contributed by atoms with Crippen LogP contribution < -0.4 is 4.72 Å². The van der Waals surface area contributed by atoms with Gasteiger partial charge in [0.25, 0.3) is 10.0 Å². The molecule has 1 aromatic heterocycles. The zero-order valence-corrected chi connectivity index (χ0v) is 11.8. The van der Waals surface area contributed by atoms with E-state index in [-0.39, 0.29) is 21.3 Å². The first kappa shape index (κ1) is 14.4. The van der Waals surface area contributed by atoms with Crippen molar-refractivity contribution >= 4 is 33.3 Å². The largest absolute Gasteiger partial charge is 0.465 e. The third-order valence-electron chi connectivity index (χ3n) is 2.40. The van der Waals surface area contributed by atoms with Crippen LogP contribution in [0, 0.1) is 0 Å². The van der Waals surface area contributed by atoms with Crippen LogP contribution in [0.25, 0.3) is 0 Å². The van der Waals surface area contributed by atoms with E-state index in [0.717, 1.165) is 0 Å². The predicted octanol–water partition coefficient (Wildman–Crippen LogP) is 1.65. The Kier molecular flexibility index (Phi) is 3.96. The highest BCUT2D eigenvalue weighted by Gasteiger charge is 2.20. The third-order valence-corrected chi connectivity index (χ3v) is 3.93. The number of H-pyrrole nitrogens is 1. The summed E-state index contributed by atoms with van der Waals surface area (Å²) in [6.07, 6.45) is 1.30. The zero-order valence-electron chi connectivity index (χ0n) is 10.3. The number of rotatable bonds is 4. The lowest BCUT2D eigenvalue weighted by Crippen LogP contribution is -2.16. The summed E-state index contributed by atoms with van der Waals surface area (Å²) in [5.74, 6) is -0.699. The van der Waals surface area contributed by atoms with Gasteiger partial charge >= 0.3 is 5.97 Å². The smallest absolute Gasteiger partial charge is 0.340 e. The molecule has 2 aromatic rings. The topological polar surface area (TPSA) is 101 Å². The number of sulfonamides is 1. The lowest BCUT2D eigenvalue weighted by Gasteiger charge is -2.10. The predicted molar refractivity (Wildman–Crippen MR) is 72.2 cm³/mol.